The molecule has 1 fully saturated rings. The van der Waals surface area contributed by atoms with Crippen molar-refractivity contribution in [2.45, 2.75) is 65.2 Å². The number of carbonyl (C=O) groups is 1. The second-order valence-corrected chi connectivity index (χ2v) is 8.56. The van der Waals surface area contributed by atoms with Crippen LogP contribution in [0.1, 0.15) is 48.5 Å². The Bertz CT molecular complexity index is 625. The van der Waals surface area contributed by atoms with Crippen LogP contribution >= 0.6 is 11.6 Å². The minimum Gasteiger partial charge on any atom is -0.399 e. The molecule has 1 saturated heterocycles. The second kappa shape index (κ2) is 6.25. The molecule has 0 bridgehead atoms. The van der Waals surface area contributed by atoms with Gasteiger partial charge >= 0.3 is 13.1 Å². The smallest absolute Gasteiger partial charge is 0.399 e. The van der Waals surface area contributed by atoms with Crippen molar-refractivity contribution in [3.05, 3.63) is 23.2 Å². The van der Waals surface area contributed by atoms with Crippen molar-refractivity contribution in [3.63, 3.8) is 0 Å². The van der Waals surface area contributed by atoms with Crippen LogP contribution < -0.4 is 16.1 Å². The van der Waals surface area contributed by atoms with Gasteiger partial charge in [0, 0.05) is 5.54 Å². The first-order chi connectivity index (χ1) is 10.8. The second-order valence-electron chi connectivity index (χ2n) is 8.16. The van der Waals surface area contributed by atoms with Gasteiger partial charge in [-0.25, -0.2) is 4.79 Å². The largest absolute Gasteiger partial charge is 0.494 e. The third-order valence-electron chi connectivity index (χ3n) is 4.25. The molecule has 5 nitrogen and oxygen atoms in total. The monoisotopic (exact) mass is 352 g/mol. The fourth-order valence-corrected chi connectivity index (χ4v) is 2.42. The molecule has 1 aromatic rings. The molecule has 0 atom stereocenters. The molecule has 0 aliphatic carbocycles. The van der Waals surface area contributed by atoms with Gasteiger partial charge in [-0.05, 0) is 66.1 Å². The summed E-state index contributed by atoms with van der Waals surface area (Å²) in [6.45, 7) is 13.7. The summed E-state index contributed by atoms with van der Waals surface area (Å²) >= 11 is 6.21. The molecule has 1 aliphatic rings. The Morgan fingerprint density at radius 3 is 2.17 bits per heavy atom. The molecule has 0 saturated carbocycles. The predicted molar refractivity (Wildman–Crippen MR) is 99.1 cm³/mol. The molecule has 0 spiro atoms. The van der Waals surface area contributed by atoms with Crippen LogP contribution in [0.3, 0.4) is 0 Å². The third-order valence-corrected chi connectivity index (χ3v) is 4.58. The lowest BCUT2D eigenvalue weighted by Crippen LogP contribution is -2.43. The lowest BCUT2D eigenvalue weighted by molar-refractivity contribution is 0.00578. The van der Waals surface area contributed by atoms with E-state index in [1.54, 1.807) is 12.1 Å². The molecule has 2 amide bonds. The molecule has 1 heterocycles. The molecular weight excluding hydrogens is 326 g/mol. The van der Waals surface area contributed by atoms with Crippen LogP contribution in [0.4, 0.5) is 10.5 Å². The zero-order valence-corrected chi connectivity index (χ0v) is 16.2. The summed E-state index contributed by atoms with van der Waals surface area (Å²) < 4.78 is 12.1. The normalized spacial score (nSPS) is 19.2. The maximum absolute atomic E-state index is 12.1. The number of nitrogens with one attached hydrogen (secondary N) is 2. The van der Waals surface area contributed by atoms with Gasteiger partial charge in [-0.3, -0.25) is 0 Å². The van der Waals surface area contributed by atoms with Gasteiger partial charge in [0.05, 0.1) is 21.9 Å². The van der Waals surface area contributed by atoms with Crippen molar-refractivity contribution in [2.24, 2.45) is 0 Å². The Hall–Kier alpha value is -1.24. The van der Waals surface area contributed by atoms with E-state index >= 15 is 0 Å². The zero-order valence-electron chi connectivity index (χ0n) is 15.4. The first-order valence-corrected chi connectivity index (χ1v) is 8.43. The maximum Gasteiger partial charge on any atom is 0.494 e. The molecular formula is C17H26BClN2O3. The first-order valence-electron chi connectivity index (χ1n) is 8.05. The van der Waals surface area contributed by atoms with Gasteiger partial charge < -0.3 is 19.9 Å². The van der Waals surface area contributed by atoms with Gasteiger partial charge in [-0.15, -0.1) is 0 Å². The molecule has 2 rings (SSSR count). The molecule has 24 heavy (non-hydrogen) atoms. The Morgan fingerprint density at radius 2 is 1.67 bits per heavy atom. The molecule has 0 radical (unpaired) electrons. The Labute approximate surface area is 149 Å². The van der Waals surface area contributed by atoms with Crippen molar-refractivity contribution in [1.82, 2.24) is 5.32 Å². The number of benzene rings is 1. The van der Waals surface area contributed by atoms with Gasteiger partial charge in [0.25, 0.3) is 0 Å². The Balaban J connectivity index is 2.19. The van der Waals surface area contributed by atoms with E-state index in [2.05, 4.69) is 10.6 Å². The number of urea groups is 1. The number of anilines is 1. The van der Waals surface area contributed by atoms with E-state index in [-0.39, 0.29) is 11.6 Å². The van der Waals surface area contributed by atoms with E-state index in [0.29, 0.717) is 10.7 Å². The van der Waals surface area contributed by atoms with Gasteiger partial charge in [0.1, 0.15) is 0 Å². The van der Waals surface area contributed by atoms with E-state index in [0.717, 1.165) is 5.46 Å². The number of amides is 2. The standard InChI is InChI=1S/C17H26BClN2O3/c1-15(2,3)21-14(22)20-13-10-11(8-9-12(13)19)18-23-16(4,5)17(6,7)24-18/h8-10H,1-7H3,(H2,20,21,22). The summed E-state index contributed by atoms with van der Waals surface area (Å²) in [5.74, 6) is 0. The number of halogens is 1. The highest BCUT2D eigenvalue weighted by Crippen LogP contribution is 2.36. The van der Waals surface area contributed by atoms with Crippen LogP contribution in [0.15, 0.2) is 18.2 Å². The minimum absolute atomic E-state index is 0.310. The van der Waals surface area contributed by atoms with Crippen LogP contribution in [0, 0.1) is 0 Å². The van der Waals surface area contributed by atoms with Crippen LogP contribution in [-0.2, 0) is 9.31 Å². The molecule has 0 unspecified atom stereocenters. The fourth-order valence-electron chi connectivity index (χ4n) is 2.26. The average molecular weight is 353 g/mol. The fraction of sp³-hybridized carbons (Fsp3) is 0.588. The van der Waals surface area contributed by atoms with E-state index in [1.807, 2.05) is 54.5 Å². The van der Waals surface area contributed by atoms with Gasteiger partial charge in [-0.1, -0.05) is 17.7 Å². The topological polar surface area (TPSA) is 59.6 Å². The van der Waals surface area contributed by atoms with Crippen molar-refractivity contribution in [1.29, 1.82) is 0 Å². The summed E-state index contributed by atoms with van der Waals surface area (Å²) in [7, 11) is -0.501. The average Bonchev–Trinajstić information content (AvgIpc) is 2.59. The van der Waals surface area contributed by atoms with Crippen molar-refractivity contribution < 1.29 is 14.1 Å². The van der Waals surface area contributed by atoms with E-state index in [1.165, 1.54) is 0 Å². The molecule has 2 N–H and O–H groups in total. The summed E-state index contributed by atoms with van der Waals surface area (Å²) in [5, 5.41) is 6.08. The quantitative estimate of drug-likeness (QED) is 0.800. The number of carbonyl (C=O) groups excluding carboxylic acids is 1. The first kappa shape index (κ1) is 19.1. The van der Waals surface area contributed by atoms with Crippen molar-refractivity contribution >= 4 is 35.9 Å². The molecule has 1 aliphatic heterocycles. The maximum atomic E-state index is 12.1. The minimum atomic E-state index is -0.501. The zero-order chi connectivity index (χ0) is 18.3. The Kier molecular flexibility index (Phi) is 4.97. The highest BCUT2D eigenvalue weighted by atomic mass is 35.5. The third kappa shape index (κ3) is 4.24. The molecule has 0 aromatic heterocycles. The van der Waals surface area contributed by atoms with E-state index < -0.39 is 18.3 Å². The summed E-state index contributed by atoms with van der Waals surface area (Å²) in [5.41, 5.74) is 0.151. The lowest BCUT2D eigenvalue weighted by Gasteiger charge is -2.32. The van der Waals surface area contributed by atoms with Gasteiger partial charge in [0.15, 0.2) is 0 Å². The van der Waals surface area contributed by atoms with Crippen LogP contribution in [0.25, 0.3) is 0 Å². The van der Waals surface area contributed by atoms with Gasteiger partial charge in [0.2, 0.25) is 0 Å². The van der Waals surface area contributed by atoms with E-state index in [4.69, 9.17) is 20.9 Å². The van der Waals surface area contributed by atoms with E-state index in [9.17, 15) is 4.79 Å². The lowest BCUT2D eigenvalue weighted by atomic mass is 9.79. The van der Waals surface area contributed by atoms with Crippen LogP contribution in [0.5, 0.6) is 0 Å². The van der Waals surface area contributed by atoms with Gasteiger partial charge in [-0.2, -0.15) is 0 Å². The Morgan fingerprint density at radius 1 is 1.12 bits per heavy atom. The highest BCUT2D eigenvalue weighted by Gasteiger charge is 2.51. The summed E-state index contributed by atoms with van der Waals surface area (Å²) in [4.78, 5) is 12.1. The number of rotatable bonds is 2. The number of hydrogen-bond acceptors (Lipinski definition) is 3. The number of hydrogen-bond donors (Lipinski definition) is 2. The van der Waals surface area contributed by atoms with Crippen molar-refractivity contribution in [3.8, 4) is 0 Å². The highest BCUT2D eigenvalue weighted by molar-refractivity contribution is 6.62. The SMILES string of the molecule is CC(C)(C)NC(=O)Nc1cc(B2OC(C)(C)C(C)(C)O2)ccc1Cl. The molecule has 7 heteroatoms. The predicted octanol–water partition coefficient (Wildman–Crippen LogP) is 3.56. The molecule has 132 valence electrons. The molecule has 1 aromatic carbocycles. The summed E-state index contributed by atoms with van der Waals surface area (Å²) in [6, 6.07) is 5.05. The van der Waals surface area contributed by atoms with Crippen molar-refractivity contribution in [2.75, 3.05) is 5.32 Å². The van der Waals surface area contributed by atoms with Crippen LogP contribution in [0.2, 0.25) is 5.02 Å². The van der Waals surface area contributed by atoms with Crippen LogP contribution in [-0.4, -0.2) is 29.9 Å². The summed E-state index contributed by atoms with van der Waals surface area (Å²) in [6.07, 6.45) is 0.